The van der Waals surface area contributed by atoms with Crippen molar-refractivity contribution in [2.75, 3.05) is 10.6 Å². The quantitative estimate of drug-likeness (QED) is 0.371. The summed E-state index contributed by atoms with van der Waals surface area (Å²) in [4.78, 5) is 29.9. The fourth-order valence-electron chi connectivity index (χ4n) is 3.67. The molecule has 0 amide bonds. The molecule has 0 aliphatic heterocycles. The maximum Gasteiger partial charge on any atom is 0.329 e. The molecule has 2 aromatic rings. The van der Waals surface area contributed by atoms with Gasteiger partial charge in [0.05, 0.1) is 4.92 Å². The van der Waals surface area contributed by atoms with Crippen LogP contribution in [-0.2, 0) is 4.79 Å². The first-order chi connectivity index (χ1) is 14.4. The summed E-state index contributed by atoms with van der Waals surface area (Å²) >= 11 is 5.89. The van der Waals surface area contributed by atoms with Crippen LogP contribution in [0.4, 0.5) is 23.1 Å². The number of aliphatic carboxylic acids is 1. The summed E-state index contributed by atoms with van der Waals surface area (Å²) in [5.74, 6) is 0.197. The molecule has 30 heavy (non-hydrogen) atoms. The van der Waals surface area contributed by atoms with Gasteiger partial charge in [-0.15, -0.1) is 0 Å². The summed E-state index contributed by atoms with van der Waals surface area (Å²) in [5.41, 5.74) is 0.557. The standard InChI is InChI=1S/C20H24ClN5O4/c21-14-6-10-16(11-7-14)24-20-22-12-17(26(29)30)19(25-20)23-15-8-4-13(5-9-15)2-1-3-18(27)28/h6-7,10-13,15H,1-5,8-9H2,(H,27,28)(H2,22,23,24,25). The van der Waals surface area contributed by atoms with Gasteiger partial charge in [0.15, 0.2) is 0 Å². The largest absolute Gasteiger partial charge is 0.481 e. The average Bonchev–Trinajstić information content (AvgIpc) is 2.71. The van der Waals surface area contributed by atoms with Crippen molar-refractivity contribution >= 4 is 40.7 Å². The molecule has 10 heteroatoms. The van der Waals surface area contributed by atoms with E-state index in [0.717, 1.165) is 37.8 Å². The van der Waals surface area contributed by atoms with Gasteiger partial charge < -0.3 is 15.7 Å². The number of aromatic nitrogens is 2. The molecule has 0 unspecified atom stereocenters. The second kappa shape index (κ2) is 10.2. The Balaban J connectivity index is 1.62. The van der Waals surface area contributed by atoms with Gasteiger partial charge in [-0.2, -0.15) is 4.98 Å². The Morgan fingerprint density at radius 2 is 1.93 bits per heavy atom. The normalized spacial score (nSPS) is 18.6. The molecule has 0 atom stereocenters. The number of nitrogens with zero attached hydrogens (tertiary/aromatic N) is 3. The number of carboxylic acid groups (broad SMARTS) is 1. The second-order valence-corrected chi connectivity index (χ2v) is 7.90. The van der Waals surface area contributed by atoms with Crippen LogP contribution in [0.3, 0.4) is 0 Å². The van der Waals surface area contributed by atoms with Crippen molar-refractivity contribution in [1.82, 2.24) is 9.97 Å². The van der Waals surface area contributed by atoms with E-state index in [2.05, 4.69) is 20.6 Å². The average molecular weight is 434 g/mol. The third-order valence-corrected chi connectivity index (χ3v) is 5.51. The van der Waals surface area contributed by atoms with E-state index in [1.165, 1.54) is 6.20 Å². The van der Waals surface area contributed by atoms with Gasteiger partial charge in [0.1, 0.15) is 6.20 Å². The molecule has 1 aromatic carbocycles. The number of nitrogens with one attached hydrogen (secondary N) is 2. The van der Waals surface area contributed by atoms with Crippen molar-refractivity contribution in [3.05, 3.63) is 45.6 Å². The number of nitro groups is 1. The van der Waals surface area contributed by atoms with E-state index < -0.39 is 10.9 Å². The first kappa shape index (κ1) is 21.8. The molecule has 1 heterocycles. The third-order valence-electron chi connectivity index (χ3n) is 5.26. The van der Waals surface area contributed by atoms with Crippen molar-refractivity contribution in [1.29, 1.82) is 0 Å². The highest BCUT2D eigenvalue weighted by molar-refractivity contribution is 6.30. The maximum absolute atomic E-state index is 11.4. The van der Waals surface area contributed by atoms with Crippen LogP contribution in [0.15, 0.2) is 30.5 Å². The van der Waals surface area contributed by atoms with E-state index in [0.29, 0.717) is 17.4 Å². The zero-order chi connectivity index (χ0) is 21.5. The minimum Gasteiger partial charge on any atom is -0.481 e. The summed E-state index contributed by atoms with van der Waals surface area (Å²) < 4.78 is 0. The Morgan fingerprint density at radius 3 is 2.57 bits per heavy atom. The highest BCUT2D eigenvalue weighted by Crippen LogP contribution is 2.32. The van der Waals surface area contributed by atoms with Crippen molar-refractivity contribution in [3.8, 4) is 0 Å². The van der Waals surface area contributed by atoms with E-state index in [1.54, 1.807) is 24.3 Å². The van der Waals surface area contributed by atoms with E-state index in [4.69, 9.17) is 16.7 Å². The fraction of sp³-hybridized carbons (Fsp3) is 0.450. The van der Waals surface area contributed by atoms with E-state index in [9.17, 15) is 14.9 Å². The Kier molecular flexibility index (Phi) is 7.40. The minimum atomic E-state index is -0.760. The van der Waals surface area contributed by atoms with Crippen LogP contribution < -0.4 is 10.6 Å². The van der Waals surface area contributed by atoms with Crippen LogP contribution in [0.1, 0.15) is 44.9 Å². The summed E-state index contributed by atoms with van der Waals surface area (Å²) in [6, 6.07) is 7.07. The number of hydrogen-bond acceptors (Lipinski definition) is 7. The number of carboxylic acids is 1. The topological polar surface area (TPSA) is 130 Å². The van der Waals surface area contributed by atoms with Gasteiger partial charge in [-0.25, -0.2) is 4.98 Å². The molecule has 1 aromatic heterocycles. The van der Waals surface area contributed by atoms with E-state index >= 15 is 0 Å². The number of anilines is 3. The van der Waals surface area contributed by atoms with Crippen LogP contribution in [0.5, 0.6) is 0 Å². The molecule has 9 nitrogen and oxygen atoms in total. The number of hydrogen-bond donors (Lipinski definition) is 3. The van der Waals surface area contributed by atoms with Gasteiger partial charge >= 0.3 is 11.7 Å². The SMILES string of the molecule is O=C(O)CCCC1CCC(Nc2nc(Nc3ccc(Cl)cc3)ncc2[N+](=O)[O-])CC1. The van der Waals surface area contributed by atoms with Gasteiger partial charge in [-0.3, -0.25) is 14.9 Å². The minimum absolute atomic E-state index is 0.0812. The van der Waals surface area contributed by atoms with Crippen molar-refractivity contribution in [3.63, 3.8) is 0 Å². The van der Waals surface area contributed by atoms with Crippen LogP contribution in [-0.4, -0.2) is 32.0 Å². The van der Waals surface area contributed by atoms with Gasteiger partial charge in [-0.05, 0) is 68.7 Å². The number of carbonyl (C=O) groups is 1. The zero-order valence-corrected chi connectivity index (χ0v) is 17.1. The third kappa shape index (κ3) is 6.28. The van der Waals surface area contributed by atoms with Crippen LogP contribution in [0, 0.1) is 16.0 Å². The first-order valence-electron chi connectivity index (χ1n) is 9.93. The summed E-state index contributed by atoms with van der Waals surface area (Å²) in [6.45, 7) is 0. The lowest BCUT2D eigenvalue weighted by Crippen LogP contribution is -2.27. The maximum atomic E-state index is 11.4. The van der Waals surface area contributed by atoms with Crippen LogP contribution in [0.25, 0.3) is 0 Å². The molecular formula is C20H24ClN5O4. The lowest BCUT2D eigenvalue weighted by atomic mass is 9.83. The molecule has 0 bridgehead atoms. The Hall–Kier alpha value is -2.94. The lowest BCUT2D eigenvalue weighted by Gasteiger charge is -2.29. The van der Waals surface area contributed by atoms with Crippen LogP contribution >= 0.6 is 11.6 Å². The fourth-order valence-corrected chi connectivity index (χ4v) is 3.79. The first-order valence-corrected chi connectivity index (χ1v) is 10.3. The smallest absolute Gasteiger partial charge is 0.329 e. The zero-order valence-electron chi connectivity index (χ0n) is 16.4. The van der Waals surface area contributed by atoms with E-state index in [1.807, 2.05) is 0 Å². The highest BCUT2D eigenvalue weighted by atomic mass is 35.5. The molecule has 1 aliphatic rings. The molecule has 0 radical (unpaired) electrons. The Bertz CT molecular complexity index is 885. The number of rotatable bonds is 9. The van der Waals surface area contributed by atoms with Gasteiger partial charge in [0.25, 0.3) is 0 Å². The van der Waals surface area contributed by atoms with Gasteiger partial charge in [0, 0.05) is 23.2 Å². The summed E-state index contributed by atoms with van der Waals surface area (Å²) in [6.07, 6.45) is 6.65. The predicted octanol–water partition coefficient (Wildman–Crippen LogP) is 5.01. The Morgan fingerprint density at radius 1 is 1.23 bits per heavy atom. The molecule has 1 saturated carbocycles. The van der Waals surface area contributed by atoms with Crippen LogP contribution in [0.2, 0.25) is 5.02 Å². The van der Waals surface area contributed by atoms with Gasteiger partial charge in [-0.1, -0.05) is 11.6 Å². The monoisotopic (exact) mass is 433 g/mol. The van der Waals surface area contributed by atoms with E-state index in [-0.39, 0.29) is 29.9 Å². The van der Waals surface area contributed by atoms with Gasteiger partial charge in [0.2, 0.25) is 11.8 Å². The molecule has 0 saturated heterocycles. The molecule has 1 fully saturated rings. The number of benzene rings is 1. The molecule has 3 N–H and O–H groups in total. The van der Waals surface area contributed by atoms with Crippen molar-refractivity contribution < 1.29 is 14.8 Å². The van der Waals surface area contributed by atoms with Crippen molar-refractivity contribution in [2.24, 2.45) is 5.92 Å². The molecule has 3 rings (SSSR count). The predicted molar refractivity (Wildman–Crippen MR) is 114 cm³/mol. The highest BCUT2D eigenvalue weighted by Gasteiger charge is 2.25. The molecule has 160 valence electrons. The lowest BCUT2D eigenvalue weighted by molar-refractivity contribution is -0.384. The molecule has 1 aliphatic carbocycles. The second-order valence-electron chi connectivity index (χ2n) is 7.46. The molecular weight excluding hydrogens is 410 g/mol. The Labute approximate surface area is 179 Å². The summed E-state index contributed by atoms with van der Waals surface area (Å²) in [7, 11) is 0. The van der Waals surface area contributed by atoms with Crippen molar-refractivity contribution in [2.45, 2.75) is 51.0 Å². The molecule has 0 spiro atoms. The summed E-state index contributed by atoms with van der Waals surface area (Å²) in [5, 5.41) is 27.0. The number of halogens is 1.